The van der Waals surface area contributed by atoms with Gasteiger partial charge < -0.3 is 14.8 Å². The summed E-state index contributed by atoms with van der Waals surface area (Å²) in [5.41, 5.74) is 0.756. The third kappa shape index (κ3) is 4.13. The molecule has 1 aliphatic rings. The number of anilines is 1. The third-order valence-electron chi connectivity index (χ3n) is 4.14. The van der Waals surface area contributed by atoms with E-state index in [4.69, 9.17) is 4.74 Å². The molecule has 1 aliphatic heterocycles. The van der Waals surface area contributed by atoms with Gasteiger partial charge in [0, 0.05) is 0 Å². The van der Waals surface area contributed by atoms with E-state index in [0.29, 0.717) is 0 Å². The van der Waals surface area contributed by atoms with Crippen molar-refractivity contribution < 1.29 is 33.4 Å². The minimum Gasteiger partial charge on any atom is -0.465 e. The fraction of sp³-hybridized carbons (Fsp3) is 0.150. The minimum atomic E-state index is -0.920. The Hall–Kier alpha value is -4.01. The standard InChI is InChI=1S/C20H16N2O7/c1-28-20(27)14-8-4-5-9-15(14)21-16(23)11-29-17(24)10-22-18(25)12-6-2-3-7-13(12)19(22)26/h2-9H,10-11H2,1H3,(H,21,23). The lowest BCUT2D eigenvalue weighted by atomic mass is 10.1. The molecule has 29 heavy (non-hydrogen) atoms. The van der Waals surface area contributed by atoms with Crippen molar-refractivity contribution in [1.29, 1.82) is 0 Å². The van der Waals surface area contributed by atoms with Crippen molar-refractivity contribution in [2.45, 2.75) is 0 Å². The first-order valence-corrected chi connectivity index (χ1v) is 8.50. The van der Waals surface area contributed by atoms with Gasteiger partial charge in [0.1, 0.15) is 6.54 Å². The maximum absolute atomic E-state index is 12.2. The molecule has 0 aromatic heterocycles. The number of para-hydroxylation sites is 1. The van der Waals surface area contributed by atoms with Crippen molar-refractivity contribution in [2.75, 3.05) is 25.6 Å². The molecule has 0 spiro atoms. The fourth-order valence-electron chi connectivity index (χ4n) is 2.77. The molecule has 9 nitrogen and oxygen atoms in total. The smallest absolute Gasteiger partial charge is 0.339 e. The SMILES string of the molecule is COC(=O)c1ccccc1NC(=O)COC(=O)CN1C(=O)c2ccccc2C1=O. The molecule has 0 fully saturated rings. The lowest BCUT2D eigenvalue weighted by Crippen LogP contribution is -2.36. The summed E-state index contributed by atoms with van der Waals surface area (Å²) in [6, 6.07) is 12.4. The second kappa shape index (κ2) is 8.34. The Labute approximate surface area is 165 Å². The first-order valence-electron chi connectivity index (χ1n) is 8.50. The largest absolute Gasteiger partial charge is 0.465 e. The average molecular weight is 396 g/mol. The number of nitrogens with zero attached hydrogens (tertiary/aromatic N) is 1. The Bertz CT molecular complexity index is 980. The topological polar surface area (TPSA) is 119 Å². The quantitative estimate of drug-likeness (QED) is 0.576. The number of carbonyl (C=O) groups excluding carboxylic acids is 5. The van der Waals surface area contributed by atoms with Gasteiger partial charge in [0.05, 0.1) is 29.5 Å². The summed E-state index contributed by atoms with van der Waals surface area (Å²) in [4.78, 5) is 60.9. The highest BCUT2D eigenvalue weighted by Crippen LogP contribution is 2.22. The Balaban J connectivity index is 1.56. The molecule has 0 radical (unpaired) electrons. The molecule has 2 aromatic rings. The minimum absolute atomic E-state index is 0.140. The van der Waals surface area contributed by atoms with Gasteiger partial charge >= 0.3 is 11.9 Å². The molecule has 148 valence electrons. The molecule has 1 heterocycles. The second-order valence-corrected chi connectivity index (χ2v) is 5.99. The zero-order valence-corrected chi connectivity index (χ0v) is 15.3. The maximum Gasteiger partial charge on any atom is 0.339 e. The number of fused-ring (bicyclic) bond motifs is 1. The van der Waals surface area contributed by atoms with Crippen LogP contribution in [0.15, 0.2) is 48.5 Å². The van der Waals surface area contributed by atoms with Gasteiger partial charge in [-0.2, -0.15) is 0 Å². The number of carbonyl (C=O) groups is 5. The number of hydrogen-bond donors (Lipinski definition) is 1. The number of esters is 2. The van der Waals surface area contributed by atoms with Gasteiger partial charge in [-0.25, -0.2) is 4.79 Å². The summed E-state index contributed by atoms with van der Waals surface area (Å²) in [5, 5.41) is 2.44. The number of ether oxygens (including phenoxy) is 2. The number of benzene rings is 2. The number of nitrogens with one attached hydrogen (secondary N) is 1. The maximum atomic E-state index is 12.2. The molecule has 1 N–H and O–H groups in total. The van der Waals surface area contributed by atoms with E-state index < -0.39 is 42.8 Å². The van der Waals surface area contributed by atoms with Gasteiger partial charge in [0.25, 0.3) is 17.7 Å². The van der Waals surface area contributed by atoms with Crippen molar-refractivity contribution in [3.05, 3.63) is 65.2 Å². The van der Waals surface area contributed by atoms with E-state index >= 15 is 0 Å². The third-order valence-corrected chi connectivity index (χ3v) is 4.14. The van der Waals surface area contributed by atoms with E-state index in [1.807, 2.05) is 0 Å². The summed E-state index contributed by atoms with van der Waals surface area (Å²) >= 11 is 0. The van der Waals surface area contributed by atoms with Crippen LogP contribution in [0.2, 0.25) is 0 Å². The monoisotopic (exact) mass is 396 g/mol. The van der Waals surface area contributed by atoms with Gasteiger partial charge in [-0.05, 0) is 24.3 Å². The Morgan fingerprint density at radius 3 is 2.14 bits per heavy atom. The molecule has 2 aromatic carbocycles. The van der Waals surface area contributed by atoms with Crippen LogP contribution in [0.25, 0.3) is 0 Å². The predicted molar refractivity (Wildman–Crippen MR) is 99.2 cm³/mol. The first-order chi connectivity index (χ1) is 13.9. The zero-order valence-electron chi connectivity index (χ0n) is 15.3. The molecule has 0 saturated heterocycles. The molecule has 0 unspecified atom stereocenters. The normalized spacial score (nSPS) is 12.4. The highest BCUT2D eigenvalue weighted by molar-refractivity contribution is 6.22. The number of methoxy groups -OCH3 is 1. The van der Waals surface area contributed by atoms with Crippen molar-refractivity contribution >= 4 is 35.3 Å². The first kappa shape index (κ1) is 19.7. The molecule has 0 saturated carbocycles. The van der Waals surface area contributed by atoms with Crippen molar-refractivity contribution in [3.63, 3.8) is 0 Å². The summed E-state index contributed by atoms with van der Waals surface area (Å²) in [7, 11) is 1.21. The zero-order chi connectivity index (χ0) is 21.0. The molecule has 0 aliphatic carbocycles. The van der Waals surface area contributed by atoms with Crippen LogP contribution in [-0.2, 0) is 19.1 Å². The van der Waals surface area contributed by atoms with Crippen LogP contribution in [0.3, 0.4) is 0 Å². The molecule has 0 atom stereocenters. The second-order valence-electron chi connectivity index (χ2n) is 5.99. The van der Waals surface area contributed by atoms with Crippen LogP contribution in [0.5, 0.6) is 0 Å². The highest BCUT2D eigenvalue weighted by Gasteiger charge is 2.36. The lowest BCUT2D eigenvalue weighted by Gasteiger charge is -2.13. The van der Waals surface area contributed by atoms with Gasteiger partial charge in [0.2, 0.25) is 0 Å². The predicted octanol–water partition coefficient (Wildman–Crippen LogP) is 1.25. The number of imide groups is 1. The average Bonchev–Trinajstić information content (AvgIpc) is 2.97. The lowest BCUT2D eigenvalue weighted by molar-refractivity contribution is -0.147. The van der Waals surface area contributed by atoms with E-state index in [9.17, 15) is 24.0 Å². The Kier molecular flexibility index (Phi) is 5.68. The highest BCUT2D eigenvalue weighted by atomic mass is 16.5. The number of hydrogen-bond acceptors (Lipinski definition) is 7. The molecule has 9 heteroatoms. The van der Waals surface area contributed by atoms with Crippen LogP contribution in [0.4, 0.5) is 5.69 Å². The number of amides is 3. The Morgan fingerprint density at radius 1 is 0.931 bits per heavy atom. The molecule has 3 amide bonds. The van der Waals surface area contributed by atoms with Crippen LogP contribution in [0, 0.1) is 0 Å². The van der Waals surface area contributed by atoms with Crippen LogP contribution >= 0.6 is 0 Å². The summed E-state index contributed by atoms with van der Waals surface area (Å²) in [5.74, 6) is -3.45. The van der Waals surface area contributed by atoms with Gasteiger partial charge in [0.15, 0.2) is 6.61 Å². The van der Waals surface area contributed by atoms with Gasteiger partial charge in [-0.1, -0.05) is 24.3 Å². The van der Waals surface area contributed by atoms with Crippen LogP contribution in [-0.4, -0.2) is 54.8 Å². The van der Waals surface area contributed by atoms with Gasteiger partial charge in [-0.3, -0.25) is 24.1 Å². The van der Waals surface area contributed by atoms with E-state index in [1.54, 1.807) is 24.3 Å². The summed E-state index contributed by atoms with van der Waals surface area (Å²) in [6.07, 6.45) is 0. The molecule has 0 bridgehead atoms. The summed E-state index contributed by atoms with van der Waals surface area (Å²) in [6.45, 7) is -1.27. The van der Waals surface area contributed by atoms with Gasteiger partial charge in [-0.15, -0.1) is 0 Å². The van der Waals surface area contributed by atoms with Crippen molar-refractivity contribution in [3.8, 4) is 0 Å². The van der Waals surface area contributed by atoms with E-state index in [1.165, 1.54) is 31.4 Å². The van der Waals surface area contributed by atoms with Crippen LogP contribution in [0.1, 0.15) is 31.1 Å². The van der Waals surface area contributed by atoms with Crippen molar-refractivity contribution in [2.24, 2.45) is 0 Å². The van der Waals surface area contributed by atoms with Crippen LogP contribution < -0.4 is 5.32 Å². The Morgan fingerprint density at radius 2 is 1.52 bits per heavy atom. The van der Waals surface area contributed by atoms with Crippen molar-refractivity contribution in [1.82, 2.24) is 4.90 Å². The molecular formula is C20H16N2O7. The molecular weight excluding hydrogens is 380 g/mol. The molecule has 3 rings (SSSR count). The summed E-state index contributed by atoms with van der Waals surface area (Å²) < 4.78 is 9.48. The van der Waals surface area contributed by atoms with E-state index in [0.717, 1.165) is 4.90 Å². The van der Waals surface area contributed by atoms with E-state index in [2.05, 4.69) is 10.1 Å². The fourth-order valence-corrected chi connectivity index (χ4v) is 2.77. The number of rotatable bonds is 6. The van der Waals surface area contributed by atoms with E-state index in [-0.39, 0.29) is 22.4 Å².